The van der Waals surface area contributed by atoms with E-state index in [4.69, 9.17) is 9.72 Å². The van der Waals surface area contributed by atoms with Crippen molar-refractivity contribution in [2.45, 2.75) is 25.7 Å². The fraction of sp³-hybridized carbons (Fsp3) is 0.333. The number of carbonyl (C=O) groups is 1. The molecule has 7 heteroatoms. The van der Waals surface area contributed by atoms with Crippen LogP contribution in [0.4, 0.5) is 0 Å². The monoisotopic (exact) mass is 377 g/mol. The predicted molar refractivity (Wildman–Crippen MR) is 105 cm³/mol. The van der Waals surface area contributed by atoms with Crippen LogP contribution in [0.25, 0.3) is 11.3 Å². The van der Waals surface area contributed by atoms with Crippen molar-refractivity contribution in [1.29, 1.82) is 0 Å². The Bertz CT molecular complexity index is 984. The number of aromatic amines is 1. The van der Waals surface area contributed by atoms with Gasteiger partial charge >= 0.3 is 0 Å². The van der Waals surface area contributed by atoms with Crippen LogP contribution >= 0.6 is 0 Å². The van der Waals surface area contributed by atoms with Gasteiger partial charge in [-0.2, -0.15) is 5.10 Å². The van der Waals surface area contributed by atoms with Crippen LogP contribution in [0.2, 0.25) is 0 Å². The number of ether oxygens (including phenoxy) is 1. The number of aryl methyl sites for hydroxylation is 1. The maximum absolute atomic E-state index is 12.8. The highest BCUT2D eigenvalue weighted by Gasteiger charge is 2.28. The average molecular weight is 377 g/mol. The molecule has 2 aromatic heterocycles. The standard InChI is InChI=1S/C21H23N5O2/c1-14-18(10-23-25-14)21(27)26-8-4-6-16(13-26)20-12-22-11-19(24-20)15-5-3-7-17(9-15)28-2/h3,5,7,9-12,16H,4,6,8,13H2,1-2H3,(H,23,25)/t16-/m1/s1. The molecule has 28 heavy (non-hydrogen) atoms. The largest absolute Gasteiger partial charge is 0.497 e. The minimum Gasteiger partial charge on any atom is -0.497 e. The lowest BCUT2D eigenvalue weighted by Gasteiger charge is -2.32. The van der Waals surface area contributed by atoms with Crippen molar-refractivity contribution in [3.63, 3.8) is 0 Å². The fourth-order valence-electron chi connectivity index (χ4n) is 3.64. The molecule has 0 radical (unpaired) electrons. The number of hydrogen-bond acceptors (Lipinski definition) is 5. The summed E-state index contributed by atoms with van der Waals surface area (Å²) in [5.74, 6) is 0.977. The third kappa shape index (κ3) is 3.60. The molecule has 0 aliphatic carbocycles. The molecule has 0 saturated carbocycles. The van der Waals surface area contributed by atoms with Crippen LogP contribution in [-0.4, -0.2) is 51.2 Å². The van der Waals surface area contributed by atoms with E-state index in [-0.39, 0.29) is 11.8 Å². The van der Waals surface area contributed by atoms with Gasteiger partial charge in [-0.25, -0.2) is 4.98 Å². The number of nitrogens with zero attached hydrogens (tertiary/aromatic N) is 4. The molecule has 7 nitrogen and oxygen atoms in total. The van der Waals surface area contributed by atoms with Gasteiger partial charge in [0.05, 0.1) is 36.5 Å². The van der Waals surface area contributed by atoms with Gasteiger partial charge in [-0.1, -0.05) is 12.1 Å². The van der Waals surface area contributed by atoms with Crippen molar-refractivity contribution in [2.75, 3.05) is 20.2 Å². The number of carbonyl (C=O) groups excluding carboxylic acids is 1. The molecule has 1 aliphatic rings. The fourth-order valence-corrected chi connectivity index (χ4v) is 3.64. The summed E-state index contributed by atoms with van der Waals surface area (Å²) in [5.41, 5.74) is 4.13. The van der Waals surface area contributed by atoms with Gasteiger partial charge in [0.2, 0.25) is 0 Å². The van der Waals surface area contributed by atoms with E-state index in [0.717, 1.165) is 47.8 Å². The molecular weight excluding hydrogens is 354 g/mol. The van der Waals surface area contributed by atoms with Crippen LogP contribution in [0, 0.1) is 6.92 Å². The van der Waals surface area contributed by atoms with Gasteiger partial charge in [0.1, 0.15) is 5.75 Å². The van der Waals surface area contributed by atoms with Crippen molar-refractivity contribution in [3.8, 4) is 17.0 Å². The molecule has 0 unspecified atom stereocenters. The first-order chi connectivity index (χ1) is 13.7. The summed E-state index contributed by atoms with van der Waals surface area (Å²) >= 11 is 0. The topological polar surface area (TPSA) is 84.0 Å². The number of benzene rings is 1. The van der Waals surface area contributed by atoms with Gasteiger partial charge in [-0.05, 0) is 31.9 Å². The third-order valence-electron chi connectivity index (χ3n) is 5.21. The second kappa shape index (κ2) is 7.80. The molecule has 1 aromatic carbocycles. The van der Waals surface area contributed by atoms with Crippen molar-refractivity contribution in [2.24, 2.45) is 0 Å². The second-order valence-corrected chi connectivity index (χ2v) is 7.06. The number of hydrogen-bond donors (Lipinski definition) is 1. The molecule has 1 fully saturated rings. The normalized spacial score (nSPS) is 16.8. The van der Waals surface area contributed by atoms with Crippen LogP contribution in [0.5, 0.6) is 5.75 Å². The number of aromatic nitrogens is 4. The molecule has 1 amide bonds. The van der Waals surface area contributed by atoms with E-state index in [1.807, 2.05) is 42.3 Å². The number of piperidine rings is 1. The van der Waals surface area contributed by atoms with E-state index in [2.05, 4.69) is 15.2 Å². The second-order valence-electron chi connectivity index (χ2n) is 7.06. The van der Waals surface area contributed by atoms with E-state index in [1.165, 1.54) is 0 Å². The van der Waals surface area contributed by atoms with Crippen molar-refractivity contribution < 1.29 is 9.53 Å². The quantitative estimate of drug-likeness (QED) is 0.755. The minimum atomic E-state index is 0.0212. The summed E-state index contributed by atoms with van der Waals surface area (Å²) in [7, 11) is 1.65. The highest BCUT2D eigenvalue weighted by Crippen LogP contribution is 2.29. The first-order valence-electron chi connectivity index (χ1n) is 9.41. The van der Waals surface area contributed by atoms with Gasteiger partial charge < -0.3 is 9.64 Å². The Morgan fingerprint density at radius 2 is 2.18 bits per heavy atom. The van der Waals surface area contributed by atoms with Gasteiger partial charge in [0.15, 0.2) is 0 Å². The molecule has 144 valence electrons. The third-order valence-corrected chi connectivity index (χ3v) is 5.21. The zero-order valence-electron chi connectivity index (χ0n) is 16.1. The summed E-state index contributed by atoms with van der Waals surface area (Å²) < 4.78 is 5.31. The lowest BCUT2D eigenvalue weighted by molar-refractivity contribution is 0.0705. The lowest BCUT2D eigenvalue weighted by Crippen LogP contribution is -2.39. The van der Waals surface area contributed by atoms with E-state index in [1.54, 1.807) is 19.5 Å². The summed E-state index contributed by atoms with van der Waals surface area (Å²) in [6.45, 7) is 3.26. The predicted octanol–water partition coefficient (Wildman–Crippen LogP) is 3.20. The minimum absolute atomic E-state index is 0.0212. The molecule has 3 heterocycles. The van der Waals surface area contributed by atoms with Gasteiger partial charge in [-0.15, -0.1) is 0 Å². The first-order valence-corrected chi connectivity index (χ1v) is 9.41. The Morgan fingerprint density at radius 3 is 2.96 bits per heavy atom. The Hall–Kier alpha value is -3.22. The zero-order valence-corrected chi connectivity index (χ0v) is 16.1. The number of rotatable bonds is 4. The number of amides is 1. The van der Waals surface area contributed by atoms with Crippen LogP contribution in [-0.2, 0) is 0 Å². The number of H-pyrrole nitrogens is 1. The van der Waals surface area contributed by atoms with Gasteiger partial charge in [0, 0.05) is 36.5 Å². The maximum Gasteiger partial charge on any atom is 0.257 e. The Morgan fingerprint density at radius 1 is 1.29 bits per heavy atom. The molecular formula is C21H23N5O2. The van der Waals surface area contributed by atoms with Crippen molar-refractivity contribution >= 4 is 5.91 Å². The summed E-state index contributed by atoms with van der Waals surface area (Å²) in [6, 6.07) is 7.79. The molecule has 1 aliphatic heterocycles. The first kappa shape index (κ1) is 18.2. The average Bonchev–Trinajstić information content (AvgIpc) is 3.19. The molecule has 1 saturated heterocycles. The summed E-state index contributed by atoms with van der Waals surface area (Å²) in [5, 5.41) is 6.81. The van der Waals surface area contributed by atoms with Gasteiger partial charge in [-0.3, -0.25) is 14.9 Å². The SMILES string of the molecule is COc1cccc(-c2cncc([C@@H]3CCCN(C(=O)c4cn[nH]c4C)C3)n2)c1. The maximum atomic E-state index is 12.8. The molecule has 1 atom stereocenters. The zero-order chi connectivity index (χ0) is 19.5. The number of nitrogens with one attached hydrogen (secondary N) is 1. The summed E-state index contributed by atoms with van der Waals surface area (Å²) in [4.78, 5) is 24.0. The lowest BCUT2D eigenvalue weighted by atomic mass is 9.94. The molecule has 4 rings (SSSR count). The van der Waals surface area contributed by atoms with Crippen molar-refractivity contribution in [1.82, 2.24) is 25.1 Å². The number of methoxy groups -OCH3 is 1. The number of likely N-dealkylation sites (tertiary alicyclic amines) is 1. The molecule has 0 spiro atoms. The Balaban J connectivity index is 1.55. The Labute approximate surface area is 163 Å². The van der Waals surface area contributed by atoms with Crippen molar-refractivity contribution in [3.05, 3.63) is 59.8 Å². The van der Waals surface area contributed by atoms with Gasteiger partial charge in [0.25, 0.3) is 5.91 Å². The van der Waals surface area contributed by atoms with Crippen LogP contribution in [0.3, 0.4) is 0 Å². The highest BCUT2D eigenvalue weighted by molar-refractivity contribution is 5.95. The molecule has 3 aromatic rings. The van der Waals surface area contributed by atoms with E-state index >= 15 is 0 Å². The van der Waals surface area contributed by atoms with Crippen LogP contribution in [0.1, 0.15) is 40.5 Å². The Kier molecular flexibility index (Phi) is 5.06. The highest BCUT2D eigenvalue weighted by atomic mass is 16.5. The molecule has 1 N–H and O–H groups in total. The van der Waals surface area contributed by atoms with E-state index < -0.39 is 0 Å². The molecule has 0 bridgehead atoms. The summed E-state index contributed by atoms with van der Waals surface area (Å²) in [6.07, 6.45) is 7.11. The smallest absolute Gasteiger partial charge is 0.257 e. The van der Waals surface area contributed by atoms with E-state index in [9.17, 15) is 4.79 Å². The van der Waals surface area contributed by atoms with Crippen LogP contribution in [0.15, 0.2) is 42.9 Å². The van der Waals surface area contributed by atoms with E-state index in [0.29, 0.717) is 12.1 Å². The van der Waals surface area contributed by atoms with Crippen LogP contribution < -0.4 is 4.74 Å².